The number of carbonyl (C=O) groups excluding carboxylic acids is 1. The first kappa shape index (κ1) is 26.5. The van der Waals surface area contributed by atoms with E-state index in [4.69, 9.17) is 9.47 Å². The lowest BCUT2D eigenvalue weighted by Crippen LogP contribution is -2.35. The van der Waals surface area contributed by atoms with Gasteiger partial charge in [-0.3, -0.25) is 9.78 Å². The normalized spacial score (nSPS) is 14.1. The summed E-state index contributed by atoms with van der Waals surface area (Å²) < 4.78 is 11.7. The number of rotatable bonds is 3. The lowest BCUT2D eigenvalue weighted by Gasteiger charge is -2.24. The van der Waals surface area contributed by atoms with Gasteiger partial charge >= 0.3 is 0 Å². The van der Waals surface area contributed by atoms with Crippen LogP contribution in [0.25, 0.3) is 22.3 Å². The van der Waals surface area contributed by atoms with Gasteiger partial charge in [0, 0.05) is 60.3 Å². The highest BCUT2D eigenvalue weighted by molar-refractivity contribution is 5.95. The highest BCUT2D eigenvalue weighted by Gasteiger charge is 2.22. The molecular formula is C33H33N5O3. The van der Waals surface area contributed by atoms with Gasteiger partial charge in [-0.2, -0.15) is 0 Å². The molecule has 8 heteroatoms. The Hall–Kier alpha value is -4.72. The molecule has 0 spiro atoms. The van der Waals surface area contributed by atoms with E-state index in [0.717, 1.165) is 59.5 Å². The smallest absolute Gasteiger partial charge is 0.257 e. The number of benzene rings is 2. The number of ether oxygens (including phenoxy) is 2. The molecule has 2 bridgehead atoms. The highest BCUT2D eigenvalue weighted by atomic mass is 16.5. The number of fused-ring (bicyclic) bond motifs is 5. The van der Waals surface area contributed by atoms with E-state index in [1.165, 1.54) is 10.9 Å². The van der Waals surface area contributed by atoms with Gasteiger partial charge in [-0.15, -0.1) is 0 Å². The third-order valence-corrected chi connectivity index (χ3v) is 7.64. The molecule has 5 aromatic rings. The summed E-state index contributed by atoms with van der Waals surface area (Å²) in [5.41, 5.74) is 6.61. The van der Waals surface area contributed by atoms with E-state index in [2.05, 4.69) is 50.3 Å². The highest BCUT2D eigenvalue weighted by Crippen LogP contribution is 2.31. The van der Waals surface area contributed by atoms with Gasteiger partial charge in [0.2, 0.25) is 0 Å². The minimum atomic E-state index is -0.0541. The van der Waals surface area contributed by atoms with Crippen molar-refractivity contribution in [3.05, 3.63) is 101 Å². The third kappa shape index (κ3) is 5.63. The quantitative estimate of drug-likeness (QED) is 0.308. The fourth-order valence-corrected chi connectivity index (χ4v) is 5.47. The summed E-state index contributed by atoms with van der Waals surface area (Å²) in [5, 5.41) is 1.19. The van der Waals surface area contributed by atoms with Crippen molar-refractivity contribution in [2.45, 2.75) is 32.6 Å². The Morgan fingerprint density at radius 3 is 2.78 bits per heavy atom. The molecule has 4 heterocycles. The second-order valence-corrected chi connectivity index (χ2v) is 10.3. The van der Waals surface area contributed by atoms with Crippen LogP contribution in [-0.2, 0) is 12.8 Å². The van der Waals surface area contributed by atoms with Crippen molar-refractivity contribution in [3.8, 4) is 22.9 Å². The number of aryl methyl sites for hydroxylation is 1. The molecule has 1 aliphatic heterocycles. The Labute approximate surface area is 239 Å². The molecule has 3 aromatic heterocycles. The average molecular weight is 548 g/mol. The molecule has 1 amide bonds. The number of hydrogen-bond acceptors (Lipinski definition) is 6. The Morgan fingerprint density at radius 2 is 1.95 bits per heavy atom. The van der Waals surface area contributed by atoms with Gasteiger partial charge in [0.05, 0.1) is 25.0 Å². The topological polar surface area (TPSA) is 93.2 Å². The summed E-state index contributed by atoms with van der Waals surface area (Å²) in [5.74, 6) is 1.97. The van der Waals surface area contributed by atoms with Crippen LogP contribution in [0.5, 0.6) is 11.5 Å². The van der Waals surface area contributed by atoms with Gasteiger partial charge in [0.1, 0.15) is 0 Å². The molecule has 0 atom stereocenters. The van der Waals surface area contributed by atoms with Crippen molar-refractivity contribution in [1.29, 1.82) is 0 Å². The first-order valence-corrected chi connectivity index (χ1v) is 14.0. The van der Waals surface area contributed by atoms with Gasteiger partial charge in [0.25, 0.3) is 5.91 Å². The van der Waals surface area contributed by atoms with E-state index in [9.17, 15) is 4.79 Å². The summed E-state index contributed by atoms with van der Waals surface area (Å²) in [4.78, 5) is 32.8. The Bertz CT molecular complexity index is 1680. The lowest BCUT2D eigenvalue weighted by atomic mass is 10.0. The first-order chi connectivity index (χ1) is 20.1. The van der Waals surface area contributed by atoms with Gasteiger partial charge in [-0.05, 0) is 67.6 Å². The molecule has 6 rings (SSSR count). The zero-order valence-corrected chi connectivity index (χ0v) is 23.4. The summed E-state index contributed by atoms with van der Waals surface area (Å²) in [6.07, 6.45) is 8.17. The molecule has 0 saturated heterocycles. The molecule has 1 N–H and O–H groups in total. The Kier molecular flexibility index (Phi) is 7.63. The molecule has 0 fully saturated rings. The molecule has 0 unspecified atom stereocenters. The second kappa shape index (κ2) is 11.8. The summed E-state index contributed by atoms with van der Waals surface area (Å²) >= 11 is 0. The van der Waals surface area contributed by atoms with Crippen LogP contribution in [0.1, 0.15) is 45.7 Å². The van der Waals surface area contributed by atoms with Crippen molar-refractivity contribution in [2.75, 3.05) is 26.8 Å². The molecule has 0 radical (unpaired) electrons. The number of nitrogens with one attached hydrogen (secondary N) is 1. The molecule has 208 valence electrons. The van der Waals surface area contributed by atoms with Gasteiger partial charge in [-0.1, -0.05) is 24.3 Å². The third-order valence-electron chi connectivity index (χ3n) is 7.64. The van der Waals surface area contributed by atoms with Crippen LogP contribution in [0.4, 0.5) is 0 Å². The van der Waals surface area contributed by atoms with E-state index < -0.39 is 0 Å². The number of amides is 1. The molecule has 41 heavy (non-hydrogen) atoms. The van der Waals surface area contributed by atoms with Crippen molar-refractivity contribution < 1.29 is 14.3 Å². The van der Waals surface area contributed by atoms with E-state index >= 15 is 0 Å². The molecule has 0 saturated carbocycles. The van der Waals surface area contributed by atoms with Crippen LogP contribution >= 0.6 is 0 Å². The standard InChI is InChI=1S/C33H33N5O3/c1-22-27(21-35-32(36-22)24-8-7-14-34-20-24)33(39)38-15-5-6-17-41-31-19-23(11-12-30(31)40-2)18-29-26(13-16-38)25-9-3-4-10-28(25)37-29/h3-4,7-12,14,19-21,37H,5-6,13,15-18H2,1-2H3. The minimum Gasteiger partial charge on any atom is -0.493 e. The predicted octanol–water partition coefficient (Wildman–Crippen LogP) is 5.79. The van der Waals surface area contributed by atoms with Crippen LogP contribution in [0, 0.1) is 6.92 Å². The van der Waals surface area contributed by atoms with Crippen LogP contribution in [-0.4, -0.2) is 57.5 Å². The number of methoxy groups -OCH3 is 1. The molecular weight excluding hydrogens is 514 g/mol. The second-order valence-electron chi connectivity index (χ2n) is 10.3. The number of carbonyl (C=O) groups is 1. The van der Waals surface area contributed by atoms with Crippen LogP contribution < -0.4 is 9.47 Å². The largest absolute Gasteiger partial charge is 0.493 e. The van der Waals surface area contributed by atoms with Crippen molar-refractivity contribution in [3.63, 3.8) is 0 Å². The number of nitrogens with zero attached hydrogens (tertiary/aromatic N) is 4. The van der Waals surface area contributed by atoms with E-state index in [0.29, 0.717) is 36.8 Å². The number of aromatic amines is 1. The summed E-state index contributed by atoms with van der Waals surface area (Å²) in [7, 11) is 1.66. The molecule has 1 aliphatic rings. The fourth-order valence-electron chi connectivity index (χ4n) is 5.47. The Balaban J connectivity index is 1.32. The minimum absolute atomic E-state index is 0.0541. The predicted molar refractivity (Wildman–Crippen MR) is 158 cm³/mol. The zero-order chi connectivity index (χ0) is 28.2. The van der Waals surface area contributed by atoms with E-state index in [1.807, 2.05) is 36.1 Å². The number of H-pyrrole nitrogens is 1. The summed E-state index contributed by atoms with van der Waals surface area (Å²) in [6.45, 7) is 3.61. The number of hydrogen-bond donors (Lipinski definition) is 1. The number of pyridine rings is 1. The molecule has 2 aromatic carbocycles. The van der Waals surface area contributed by atoms with Gasteiger partial charge in [0.15, 0.2) is 17.3 Å². The maximum atomic E-state index is 13.9. The van der Waals surface area contributed by atoms with Crippen molar-refractivity contribution >= 4 is 16.8 Å². The average Bonchev–Trinajstić information content (AvgIpc) is 3.35. The van der Waals surface area contributed by atoms with Gasteiger partial charge in [-0.25, -0.2) is 9.97 Å². The van der Waals surface area contributed by atoms with Crippen LogP contribution in [0.3, 0.4) is 0 Å². The SMILES string of the molecule is COc1ccc2cc1OCCCCN(C(=O)c1cnc(-c3cccnc3)nc1C)CCc1c([nH]c3ccccc13)C2. The van der Waals surface area contributed by atoms with E-state index in [1.54, 1.807) is 25.7 Å². The lowest BCUT2D eigenvalue weighted by molar-refractivity contribution is 0.0750. The van der Waals surface area contributed by atoms with Crippen LogP contribution in [0.15, 0.2) is 73.2 Å². The molecule has 8 nitrogen and oxygen atoms in total. The first-order valence-electron chi connectivity index (χ1n) is 14.0. The van der Waals surface area contributed by atoms with Crippen LogP contribution in [0.2, 0.25) is 0 Å². The summed E-state index contributed by atoms with van der Waals surface area (Å²) in [6, 6.07) is 18.3. The Morgan fingerprint density at radius 1 is 1.05 bits per heavy atom. The fraction of sp³-hybridized carbons (Fsp3) is 0.273. The van der Waals surface area contributed by atoms with Gasteiger partial charge < -0.3 is 19.4 Å². The van der Waals surface area contributed by atoms with Crippen molar-refractivity contribution in [2.24, 2.45) is 0 Å². The number of aromatic nitrogens is 4. The number of para-hydroxylation sites is 1. The molecule has 0 aliphatic carbocycles. The van der Waals surface area contributed by atoms with Crippen molar-refractivity contribution in [1.82, 2.24) is 24.8 Å². The zero-order valence-electron chi connectivity index (χ0n) is 23.4. The van der Waals surface area contributed by atoms with E-state index in [-0.39, 0.29) is 5.91 Å². The maximum absolute atomic E-state index is 13.9. The monoisotopic (exact) mass is 547 g/mol. The maximum Gasteiger partial charge on any atom is 0.257 e.